The fourth-order valence-corrected chi connectivity index (χ4v) is 3.28. The molecule has 0 aliphatic rings. The van der Waals surface area contributed by atoms with Gasteiger partial charge in [-0.3, -0.25) is 0 Å². The second-order valence-electron chi connectivity index (χ2n) is 7.42. The lowest BCUT2D eigenvalue weighted by Gasteiger charge is -2.34. The maximum Gasteiger partial charge on any atom is 0.432 e. The van der Waals surface area contributed by atoms with Crippen molar-refractivity contribution in [3.8, 4) is 0 Å². The van der Waals surface area contributed by atoms with Crippen molar-refractivity contribution in [1.82, 2.24) is 5.32 Å². The Kier molecular flexibility index (Phi) is 8.80. The molecule has 37 heavy (non-hydrogen) atoms. The van der Waals surface area contributed by atoms with Crippen LogP contribution in [0.5, 0.6) is 0 Å². The first kappa shape index (κ1) is 29.4. The van der Waals surface area contributed by atoms with Gasteiger partial charge in [0.25, 0.3) is 11.1 Å². The number of esters is 2. The number of anilines is 1. The van der Waals surface area contributed by atoms with Gasteiger partial charge in [0.15, 0.2) is 0 Å². The lowest BCUT2D eigenvalue weighted by molar-refractivity contribution is -0.267. The maximum absolute atomic E-state index is 14.2. The van der Waals surface area contributed by atoms with E-state index in [1.54, 1.807) is 5.32 Å². The summed E-state index contributed by atoms with van der Waals surface area (Å²) in [6, 6.07) is 6.99. The molecule has 8 nitrogen and oxygen atoms in total. The summed E-state index contributed by atoms with van der Waals surface area (Å²) in [5, 5.41) is 13.6. The van der Waals surface area contributed by atoms with Crippen molar-refractivity contribution < 1.29 is 55.3 Å². The summed E-state index contributed by atoms with van der Waals surface area (Å²) in [4.78, 5) is 36.9. The predicted octanol–water partition coefficient (Wildman–Crippen LogP) is 4.14. The summed E-state index contributed by atoms with van der Waals surface area (Å²) in [5.74, 6) is -3.81. The number of ether oxygens (including phenoxy) is 2. The highest BCUT2D eigenvalue weighted by molar-refractivity contribution is 5.95. The molecule has 0 aromatic heterocycles. The van der Waals surface area contributed by atoms with E-state index in [9.17, 15) is 45.8 Å². The lowest BCUT2D eigenvalue weighted by Crippen LogP contribution is -2.62. The van der Waals surface area contributed by atoms with Crippen molar-refractivity contribution in [3.63, 3.8) is 0 Å². The highest BCUT2D eigenvalue weighted by Crippen LogP contribution is 2.41. The number of carbonyl (C=O) groups excluding carboxylic acids is 3. The van der Waals surface area contributed by atoms with Gasteiger partial charge in [0.2, 0.25) is 0 Å². The summed E-state index contributed by atoms with van der Waals surface area (Å²) in [6.45, 7) is 1.60. The monoisotopic (exact) mass is 536 g/mol. The molecule has 3 N–H and O–H groups in total. The summed E-state index contributed by atoms with van der Waals surface area (Å²) < 4.78 is 92.1. The number of benzene rings is 2. The van der Waals surface area contributed by atoms with Gasteiger partial charge in [0, 0.05) is 11.3 Å². The van der Waals surface area contributed by atoms with E-state index in [0.717, 1.165) is 24.3 Å². The molecule has 2 rings (SSSR count). The van der Waals surface area contributed by atoms with Crippen molar-refractivity contribution >= 4 is 23.7 Å². The molecule has 0 fully saturated rings. The van der Waals surface area contributed by atoms with Gasteiger partial charge in [0.1, 0.15) is 0 Å². The van der Waals surface area contributed by atoms with Gasteiger partial charge in [0.05, 0.1) is 13.2 Å². The lowest BCUT2D eigenvalue weighted by atomic mass is 9.89. The molecule has 0 unspecified atom stereocenters. The van der Waals surface area contributed by atoms with Crippen LogP contribution in [0.2, 0.25) is 0 Å². The first-order chi connectivity index (χ1) is 17.1. The number of urea groups is 1. The minimum absolute atomic E-state index is 0.331. The number of halogens is 6. The van der Waals surface area contributed by atoms with Crippen LogP contribution in [0.25, 0.3) is 0 Å². The Morgan fingerprint density at radius 3 is 1.73 bits per heavy atom. The van der Waals surface area contributed by atoms with E-state index < -0.39 is 65.8 Å². The van der Waals surface area contributed by atoms with Crippen LogP contribution in [-0.2, 0) is 30.2 Å². The molecule has 0 bridgehead atoms. The average molecular weight is 536 g/mol. The number of nitrogens with one attached hydrogen (secondary N) is 2. The van der Waals surface area contributed by atoms with Gasteiger partial charge in [-0.15, -0.1) is 0 Å². The third-order valence-corrected chi connectivity index (χ3v) is 5.06. The largest absolute Gasteiger partial charge is 0.464 e. The molecule has 14 heteroatoms. The number of amides is 2. The standard InChI is InChI=1S/C23H22F6N2O6/c1-3-36-17(32)20(22(24,25)26,14-8-6-5-7-9-14)31-19(34)30-16-12-10-15(11-13-16)21(35,23(27,28)29)18(33)37-4-2/h5-13,35H,3-4H2,1-2H3,(H2,30,31,34)/t20-,21+/m0/s1. The molecule has 202 valence electrons. The summed E-state index contributed by atoms with van der Waals surface area (Å²) in [6.07, 6.45) is -10.8. The Bertz CT molecular complexity index is 1110. The molecule has 0 spiro atoms. The molecule has 2 aromatic rings. The van der Waals surface area contributed by atoms with E-state index >= 15 is 0 Å². The van der Waals surface area contributed by atoms with Gasteiger partial charge in [-0.25, -0.2) is 14.4 Å². The molecule has 0 heterocycles. The van der Waals surface area contributed by atoms with Crippen molar-refractivity contribution in [3.05, 3.63) is 65.7 Å². The number of aliphatic hydroxyl groups is 1. The van der Waals surface area contributed by atoms with Crippen LogP contribution in [-0.4, -0.2) is 48.6 Å². The van der Waals surface area contributed by atoms with E-state index in [1.807, 2.05) is 5.32 Å². The topological polar surface area (TPSA) is 114 Å². The highest BCUT2D eigenvalue weighted by Gasteiger charge is 2.64. The van der Waals surface area contributed by atoms with Crippen molar-refractivity contribution in [2.24, 2.45) is 0 Å². The molecule has 0 radical (unpaired) electrons. The van der Waals surface area contributed by atoms with Crippen molar-refractivity contribution in [2.45, 2.75) is 37.3 Å². The van der Waals surface area contributed by atoms with Gasteiger partial charge >= 0.3 is 30.3 Å². The molecular formula is C23H22F6N2O6. The molecular weight excluding hydrogens is 514 g/mol. The summed E-state index contributed by atoms with van der Waals surface area (Å²) in [5.41, 5.74) is -9.61. The quantitative estimate of drug-likeness (QED) is 0.345. The van der Waals surface area contributed by atoms with Crippen LogP contribution >= 0.6 is 0 Å². The molecule has 0 saturated heterocycles. The Morgan fingerprint density at radius 2 is 1.27 bits per heavy atom. The van der Waals surface area contributed by atoms with Crippen LogP contribution < -0.4 is 10.6 Å². The van der Waals surface area contributed by atoms with E-state index in [2.05, 4.69) is 9.47 Å². The van der Waals surface area contributed by atoms with Crippen molar-refractivity contribution in [2.75, 3.05) is 18.5 Å². The van der Waals surface area contributed by atoms with Gasteiger partial charge in [-0.05, 0) is 31.5 Å². The molecule has 0 saturated carbocycles. The van der Waals surface area contributed by atoms with Gasteiger partial charge < -0.3 is 25.2 Å². The number of rotatable bonds is 8. The van der Waals surface area contributed by atoms with E-state index in [0.29, 0.717) is 12.1 Å². The summed E-state index contributed by atoms with van der Waals surface area (Å²) in [7, 11) is 0. The number of hydrogen-bond donors (Lipinski definition) is 3. The number of alkyl halides is 6. The first-order valence-electron chi connectivity index (χ1n) is 10.6. The third-order valence-electron chi connectivity index (χ3n) is 5.06. The van der Waals surface area contributed by atoms with Crippen LogP contribution in [0.3, 0.4) is 0 Å². The van der Waals surface area contributed by atoms with Crippen molar-refractivity contribution in [1.29, 1.82) is 0 Å². The Labute approximate surface area is 206 Å². The first-order valence-corrected chi connectivity index (χ1v) is 10.6. The van der Waals surface area contributed by atoms with E-state index in [1.165, 1.54) is 32.0 Å². The normalized spacial score (nSPS) is 15.1. The number of hydrogen-bond acceptors (Lipinski definition) is 6. The zero-order valence-corrected chi connectivity index (χ0v) is 19.4. The van der Waals surface area contributed by atoms with Crippen LogP contribution in [0, 0.1) is 0 Å². The summed E-state index contributed by atoms with van der Waals surface area (Å²) >= 11 is 0. The fourth-order valence-electron chi connectivity index (χ4n) is 3.28. The minimum Gasteiger partial charge on any atom is -0.464 e. The van der Waals surface area contributed by atoms with Crippen LogP contribution in [0.1, 0.15) is 25.0 Å². The van der Waals surface area contributed by atoms with Crippen LogP contribution in [0.15, 0.2) is 54.6 Å². The minimum atomic E-state index is -5.48. The zero-order chi connectivity index (χ0) is 28.1. The third kappa shape index (κ3) is 5.79. The maximum atomic E-state index is 14.2. The van der Waals surface area contributed by atoms with E-state index in [-0.39, 0.29) is 5.69 Å². The molecule has 0 aliphatic carbocycles. The SMILES string of the molecule is CCOC(=O)[C@@](NC(=O)Nc1ccc([C@@](O)(C(=O)OCC)C(F)(F)F)cc1)(c1ccccc1)C(F)(F)F. The Morgan fingerprint density at radius 1 is 0.757 bits per heavy atom. The molecule has 0 aliphatic heterocycles. The van der Waals surface area contributed by atoms with E-state index in [4.69, 9.17) is 0 Å². The second kappa shape index (κ2) is 11.1. The van der Waals surface area contributed by atoms with Gasteiger partial charge in [-0.2, -0.15) is 26.3 Å². The second-order valence-corrected chi connectivity index (χ2v) is 7.42. The molecule has 2 aromatic carbocycles. The van der Waals surface area contributed by atoms with Crippen LogP contribution in [0.4, 0.5) is 36.8 Å². The molecule has 2 atom stereocenters. The average Bonchev–Trinajstić information content (AvgIpc) is 2.81. The smallest absolute Gasteiger partial charge is 0.432 e. The van der Waals surface area contributed by atoms with Gasteiger partial charge in [-0.1, -0.05) is 42.5 Å². The zero-order valence-electron chi connectivity index (χ0n) is 19.4. The molecule has 2 amide bonds. The fraction of sp³-hybridized carbons (Fsp3) is 0.348. The predicted molar refractivity (Wildman–Crippen MR) is 116 cm³/mol. The Balaban J connectivity index is 2.41. The highest BCUT2D eigenvalue weighted by atomic mass is 19.4. The number of carbonyl (C=O) groups is 3. The Hall–Kier alpha value is -3.81.